The molecule has 126 valence electrons. The predicted molar refractivity (Wildman–Crippen MR) is 98.1 cm³/mol. The summed E-state index contributed by atoms with van der Waals surface area (Å²) in [4.78, 5) is 23.7. The first-order chi connectivity index (χ1) is 11.1. The van der Waals surface area contributed by atoms with Crippen molar-refractivity contribution in [2.24, 2.45) is 5.73 Å². The van der Waals surface area contributed by atoms with E-state index < -0.39 is 5.91 Å². The fraction of sp³-hybridized carbons (Fsp3) is 0.222. The van der Waals surface area contributed by atoms with Crippen LogP contribution < -0.4 is 11.1 Å². The third kappa shape index (κ3) is 4.08. The summed E-state index contributed by atoms with van der Waals surface area (Å²) in [5.74, 6) is -1.03. The monoisotopic (exact) mass is 364 g/mol. The number of nitrogens with two attached hydrogens (primary N) is 1. The molecule has 0 radical (unpaired) electrons. The molecule has 0 aliphatic heterocycles. The Morgan fingerprint density at radius 1 is 1.00 bits per heavy atom. The molecule has 0 saturated carbocycles. The van der Waals surface area contributed by atoms with Crippen LogP contribution in [-0.2, 0) is 5.41 Å². The number of nitrogens with one attached hydrogen (secondary N) is 1. The Kier molecular flexibility index (Phi) is 5.21. The van der Waals surface area contributed by atoms with Gasteiger partial charge >= 0.3 is 0 Å². The van der Waals surface area contributed by atoms with Crippen LogP contribution in [0.25, 0.3) is 0 Å². The van der Waals surface area contributed by atoms with Gasteiger partial charge in [0.25, 0.3) is 5.91 Å². The number of primary amides is 1. The molecular weight excluding hydrogens is 347 g/mol. The molecule has 2 aromatic rings. The van der Waals surface area contributed by atoms with Crippen LogP contribution in [0.3, 0.4) is 0 Å². The summed E-state index contributed by atoms with van der Waals surface area (Å²) in [5, 5.41) is 3.04. The Bertz CT molecular complexity index is 794. The summed E-state index contributed by atoms with van der Waals surface area (Å²) in [6.45, 7) is 6.29. The van der Waals surface area contributed by atoms with E-state index in [1.165, 1.54) is 12.1 Å². The van der Waals surface area contributed by atoms with Gasteiger partial charge in [-0.3, -0.25) is 9.59 Å². The molecule has 0 heterocycles. The average molecular weight is 365 g/mol. The van der Waals surface area contributed by atoms with Crippen molar-refractivity contribution in [1.82, 2.24) is 0 Å². The summed E-state index contributed by atoms with van der Waals surface area (Å²) < 4.78 is 0. The maximum atomic E-state index is 12.4. The van der Waals surface area contributed by atoms with Crippen LogP contribution in [0.2, 0.25) is 10.0 Å². The van der Waals surface area contributed by atoms with Crippen molar-refractivity contribution in [3.8, 4) is 0 Å². The summed E-state index contributed by atoms with van der Waals surface area (Å²) in [5.41, 5.74) is 7.24. The fourth-order valence-corrected chi connectivity index (χ4v) is 2.67. The molecule has 4 nitrogen and oxygen atoms in total. The molecule has 6 heteroatoms. The van der Waals surface area contributed by atoms with Gasteiger partial charge in [0.1, 0.15) is 0 Å². The van der Waals surface area contributed by atoms with E-state index >= 15 is 0 Å². The average Bonchev–Trinajstić information content (AvgIpc) is 2.48. The van der Waals surface area contributed by atoms with E-state index in [0.717, 1.165) is 5.56 Å². The van der Waals surface area contributed by atoms with E-state index in [-0.39, 0.29) is 32.6 Å². The van der Waals surface area contributed by atoms with E-state index in [2.05, 4.69) is 26.1 Å². The van der Waals surface area contributed by atoms with E-state index in [1.807, 2.05) is 12.1 Å². The molecule has 0 atom stereocenters. The third-order valence-corrected chi connectivity index (χ3v) is 4.21. The molecule has 0 spiro atoms. The zero-order valence-electron chi connectivity index (χ0n) is 13.6. The first-order valence-electron chi connectivity index (χ1n) is 7.30. The van der Waals surface area contributed by atoms with Crippen molar-refractivity contribution in [3.63, 3.8) is 0 Å². The van der Waals surface area contributed by atoms with Crippen LogP contribution >= 0.6 is 23.2 Å². The number of rotatable bonds is 3. The van der Waals surface area contributed by atoms with Crippen molar-refractivity contribution in [1.29, 1.82) is 0 Å². The second-order valence-corrected chi connectivity index (χ2v) is 7.27. The maximum Gasteiger partial charge on any atom is 0.255 e. The van der Waals surface area contributed by atoms with Gasteiger partial charge in [-0.1, -0.05) is 56.1 Å². The lowest BCUT2D eigenvalue weighted by molar-refractivity contribution is 0.0996. The fourth-order valence-electron chi connectivity index (χ4n) is 2.15. The standard InChI is InChI=1S/C18H18Cl2N2O2/c1-18(2,3)11-6-4-10(5-7-11)17(24)22-15-8-12(16(21)23)13(19)9-14(15)20/h4-9H,1-3H3,(H2,21,23)(H,22,24). The van der Waals surface area contributed by atoms with Crippen LogP contribution in [-0.4, -0.2) is 11.8 Å². The third-order valence-electron chi connectivity index (χ3n) is 3.58. The number of benzene rings is 2. The smallest absolute Gasteiger partial charge is 0.255 e. The molecule has 2 aromatic carbocycles. The second kappa shape index (κ2) is 6.83. The zero-order chi connectivity index (χ0) is 18.1. The number of carbonyl (C=O) groups is 2. The molecule has 24 heavy (non-hydrogen) atoms. The van der Waals surface area contributed by atoms with Crippen LogP contribution in [0.5, 0.6) is 0 Å². The molecule has 2 amide bonds. The summed E-state index contributed by atoms with van der Waals surface area (Å²) in [6, 6.07) is 10.1. The highest BCUT2D eigenvalue weighted by molar-refractivity contribution is 6.38. The highest BCUT2D eigenvalue weighted by Crippen LogP contribution is 2.29. The minimum atomic E-state index is -0.693. The van der Waals surface area contributed by atoms with Crippen molar-refractivity contribution < 1.29 is 9.59 Å². The second-order valence-electron chi connectivity index (χ2n) is 6.46. The maximum absolute atomic E-state index is 12.4. The van der Waals surface area contributed by atoms with Crippen LogP contribution in [0.4, 0.5) is 5.69 Å². The molecule has 0 fully saturated rings. The molecule has 0 aromatic heterocycles. The molecule has 0 saturated heterocycles. The van der Waals surface area contributed by atoms with Gasteiger partial charge in [-0.05, 0) is 35.2 Å². The lowest BCUT2D eigenvalue weighted by Gasteiger charge is -2.19. The number of carbonyl (C=O) groups excluding carboxylic acids is 2. The van der Waals surface area contributed by atoms with Gasteiger partial charge in [-0.15, -0.1) is 0 Å². The van der Waals surface area contributed by atoms with Crippen molar-refractivity contribution in [2.75, 3.05) is 5.32 Å². The van der Waals surface area contributed by atoms with Crippen LogP contribution in [0.1, 0.15) is 47.1 Å². The number of anilines is 1. The Balaban J connectivity index is 2.27. The first kappa shape index (κ1) is 18.3. The van der Waals surface area contributed by atoms with E-state index in [0.29, 0.717) is 5.56 Å². The van der Waals surface area contributed by atoms with Crippen molar-refractivity contribution in [2.45, 2.75) is 26.2 Å². The quantitative estimate of drug-likeness (QED) is 0.832. The minimum absolute atomic E-state index is 0.00484. The SMILES string of the molecule is CC(C)(C)c1ccc(C(=O)Nc2cc(C(N)=O)c(Cl)cc2Cl)cc1. The molecule has 2 rings (SSSR count). The summed E-state index contributed by atoms with van der Waals surface area (Å²) >= 11 is 12.0. The van der Waals surface area contributed by atoms with Gasteiger partial charge in [0.2, 0.25) is 5.91 Å². The highest BCUT2D eigenvalue weighted by Gasteiger charge is 2.16. The zero-order valence-corrected chi connectivity index (χ0v) is 15.1. The topological polar surface area (TPSA) is 72.2 Å². The largest absolute Gasteiger partial charge is 0.366 e. The van der Waals surface area contributed by atoms with Crippen molar-refractivity contribution in [3.05, 3.63) is 63.1 Å². The van der Waals surface area contributed by atoms with Crippen molar-refractivity contribution >= 4 is 40.7 Å². The minimum Gasteiger partial charge on any atom is -0.366 e. The first-order valence-corrected chi connectivity index (χ1v) is 8.06. The number of hydrogen-bond donors (Lipinski definition) is 2. The molecular formula is C18H18Cl2N2O2. The van der Waals surface area contributed by atoms with Gasteiger partial charge in [-0.2, -0.15) is 0 Å². The van der Waals surface area contributed by atoms with E-state index in [4.69, 9.17) is 28.9 Å². The molecule has 0 bridgehead atoms. The van der Waals surface area contributed by atoms with Gasteiger partial charge in [0.15, 0.2) is 0 Å². The Morgan fingerprint density at radius 3 is 2.08 bits per heavy atom. The summed E-state index contributed by atoms with van der Waals surface area (Å²) in [7, 11) is 0. The Labute approximate surface area is 150 Å². The van der Waals surface area contributed by atoms with Crippen LogP contribution in [0, 0.1) is 0 Å². The van der Waals surface area contributed by atoms with Gasteiger partial charge < -0.3 is 11.1 Å². The van der Waals surface area contributed by atoms with E-state index in [1.54, 1.807) is 12.1 Å². The molecule has 3 N–H and O–H groups in total. The lowest BCUT2D eigenvalue weighted by Crippen LogP contribution is -2.16. The Morgan fingerprint density at radius 2 is 1.58 bits per heavy atom. The van der Waals surface area contributed by atoms with Gasteiger partial charge in [0, 0.05) is 5.56 Å². The van der Waals surface area contributed by atoms with Gasteiger partial charge in [0.05, 0.1) is 21.3 Å². The summed E-state index contributed by atoms with van der Waals surface area (Å²) in [6.07, 6.45) is 0. The molecule has 0 aliphatic rings. The number of hydrogen-bond acceptors (Lipinski definition) is 2. The van der Waals surface area contributed by atoms with Crippen LogP contribution in [0.15, 0.2) is 36.4 Å². The number of halogens is 2. The normalized spacial score (nSPS) is 11.2. The predicted octanol–water partition coefficient (Wildman–Crippen LogP) is 4.64. The highest BCUT2D eigenvalue weighted by atomic mass is 35.5. The molecule has 0 unspecified atom stereocenters. The van der Waals surface area contributed by atoms with Gasteiger partial charge in [-0.25, -0.2) is 0 Å². The lowest BCUT2D eigenvalue weighted by atomic mass is 9.87. The number of amides is 2. The Hall–Kier alpha value is -2.04. The molecule has 0 aliphatic carbocycles. The van der Waals surface area contributed by atoms with E-state index in [9.17, 15) is 9.59 Å².